The molecule has 0 spiro atoms. The molecule has 2 aromatic rings. The highest BCUT2D eigenvalue weighted by molar-refractivity contribution is 7.17. The second kappa shape index (κ2) is 4.78. The fourth-order valence-corrected chi connectivity index (χ4v) is 2.70. The first-order valence-corrected chi connectivity index (χ1v) is 6.02. The zero-order valence-corrected chi connectivity index (χ0v) is 10.7. The molecule has 1 aromatic heterocycles. The number of aryl methyl sites for hydroxylation is 1. The number of hydrogen-bond acceptors (Lipinski definition) is 3. The van der Waals surface area contributed by atoms with Crippen molar-refractivity contribution in [3.05, 3.63) is 40.5 Å². The number of methoxy groups -OCH3 is 1. The molecule has 0 aliphatic carbocycles. The number of halogens is 1. The monoisotopic (exact) mass is 266 g/mol. The Bertz CT molecular complexity index is 604. The molecule has 5 heteroatoms. The van der Waals surface area contributed by atoms with Crippen molar-refractivity contribution in [1.82, 2.24) is 0 Å². The van der Waals surface area contributed by atoms with Crippen LogP contribution < -0.4 is 4.74 Å². The second-order valence-electron chi connectivity index (χ2n) is 3.77. The lowest BCUT2D eigenvalue weighted by Crippen LogP contribution is -1.89. The second-order valence-corrected chi connectivity index (χ2v) is 4.83. The van der Waals surface area contributed by atoms with E-state index in [1.807, 2.05) is 0 Å². The van der Waals surface area contributed by atoms with Crippen LogP contribution in [0.25, 0.3) is 10.4 Å². The summed E-state index contributed by atoms with van der Waals surface area (Å²) >= 11 is 1.07. The first-order valence-electron chi connectivity index (χ1n) is 5.20. The Morgan fingerprint density at radius 3 is 2.61 bits per heavy atom. The lowest BCUT2D eigenvalue weighted by Gasteiger charge is -2.04. The third-order valence-electron chi connectivity index (χ3n) is 2.55. The summed E-state index contributed by atoms with van der Waals surface area (Å²) < 4.78 is 18.8. The average molecular weight is 266 g/mol. The number of carboxylic acid groups (broad SMARTS) is 1. The van der Waals surface area contributed by atoms with Crippen LogP contribution in [0.4, 0.5) is 4.39 Å². The number of rotatable bonds is 3. The lowest BCUT2D eigenvalue weighted by molar-refractivity contribution is 0.0702. The van der Waals surface area contributed by atoms with Crippen LogP contribution in [-0.4, -0.2) is 18.2 Å². The van der Waals surface area contributed by atoms with Gasteiger partial charge in [-0.25, -0.2) is 9.18 Å². The smallest absolute Gasteiger partial charge is 0.345 e. The molecule has 0 saturated heterocycles. The highest BCUT2D eigenvalue weighted by Crippen LogP contribution is 2.35. The normalized spacial score (nSPS) is 10.4. The van der Waals surface area contributed by atoms with Crippen LogP contribution >= 0.6 is 11.3 Å². The summed E-state index contributed by atoms with van der Waals surface area (Å²) in [6.07, 6.45) is 0. The van der Waals surface area contributed by atoms with Crippen molar-refractivity contribution in [2.45, 2.75) is 6.92 Å². The Balaban J connectivity index is 2.51. The van der Waals surface area contributed by atoms with Crippen LogP contribution in [0.15, 0.2) is 24.3 Å². The minimum absolute atomic E-state index is 0.206. The molecule has 0 amide bonds. The van der Waals surface area contributed by atoms with Gasteiger partial charge in [0.25, 0.3) is 0 Å². The molecule has 0 bridgehead atoms. The molecule has 0 atom stereocenters. The predicted octanol–water partition coefficient (Wildman–Crippen LogP) is 3.57. The molecule has 94 valence electrons. The first kappa shape index (κ1) is 12.6. The molecule has 0 unspecified atom stereocenters. The highest BCUT2D eigenvalue weighted by atomic mass is 32.1. The van der Waals surface area contributed by atoms with E-state index in [0.717, 1.165) is 16.9 Å². The van der Waals surface area contributed by atoms with Gasteiger partial charge in [-0.15, -0.1) is 11.3 Å². The van der Waals surface area contributed by atoms with Crippen LogP contribution in [0.5, 0.6) is 5.75 Å². The van der Waals surface area contributed by atoms with Crippen LogP contribution in [0, 0.1) is 12.7 Å². The van der Waals surface area contributed by atoms with E-state index in [0.29, 0.717) is 16.2 Å². The summed E-state index contributed by atoms with van der Waals surface area (Å²) in [5, 5.41) is 8.92. The SMILES string of the molecule is COc1ccc(-c2sc(C(=O)O)cc2C)c(F)c1. The number of aromatic carboxylic acids is 1. The van der Waals surface area contributed by atoms with Crippen molar-refractivity contribution in [3.63, 3.8) is 0 Å². The molecule has 0 aliphatic heterocycles. The maximum absolute atomic E-state index is 13.9. The van der Waals surface area contributed by atoms with Gasteiger partial charge in [0.2, 0.25) is 0 Å². The number of ether oxygens (including phenoxy) is 1. The fourth-order valence-electron chi connectivity index (χ4n) is 1.66. The van der Waals surface area contributed by atoms with Gasteiger partial charge in [0, 0.05) is 16.5 Å². The van der Waals surface area contributed by atoms with Gasteiger partial charge in [-0.2, -0.15) is 0 Å². The third kappa shape index (κ3) is 2.22. The zero-order chi connectivity index (χ0) is 13.3. The molecule has 18 heavy (non-hydrogen) atoms. The van der Waals surface area contributed by atoms with Gasteiger partial charge in [-0.1, -0.05) is 0 Å². The topological polar surface area (TPSA) is 46.5 Å². The molecule has 3 nitrogen and oxygen atoms in total. The first-order chi connectivity index (χ1) is 8.52. The number of carboxylic acids is 1. The summed E-state index contributed by atoms with van der Waals surface area (Å²) in [6, 6.07) is 6.08. The number of carbonyl (C=O) groups is 1. The van der Waals surface area contributed by atoms with E-state index in [9.17, 15) is 9.18 Å². The van der Waals surface area contributed by atoms with E-state index in [2.05, 4.69) is 0 Å². The summed E-state index contributed by atoms with van der Waals surface area (Å²) in [5.74, 6) is -0.983. The summed E-state index contributed by atoms with van der Waals surface area (Å²) in [4.78, 5) is 11.7. The number of hydrogen-bond donors (Lipinski definition) is 1. The van der Waals surface area contributed by atoms with E-state index in [1.54, 1.807) is 25.1 Å². The molecule has 2 rings (SSSR count). The standard InChI is InChI=1S/C13H11FO3S/c1-7-5-11(13(15)16)18-12(7)9-4-3-8(17-2)6-10(9)14/h3-6H,1-2H3,(H,15,16). The fraction of sp³-hybridized carbons (Fsp3) is 0.154. The van der Waals surface area contributed by atoms with Gasteiger partial charge in [0.15, 0.2) is 0 Å². The summed E-state index contributed by atoms with van der Waals surface area (Å²) in [6.45, 7) is 1.77. The molecule has 1 N–H and O–H groups in total. The van der Waals surface area contributed by atoms with Gasteiger partial charge < -0.3 is 9.84 Å². The molecular weight excluding hydrogens is 255 g/mol. The number of benzene rings is 1. The van der Waals surface area contributed by atoms with Crippen molar-refractivity contribution < 1.29 is 19.0 Å². The number of thiophene rings is 1. The Morgan fingerprint density at radius 2 is 2.11 bits per heavy atom. The molecular formula is C13H11FO3S. The molecule has 0 fully saturated rings. The minimum Gasteiger partial charge on any atom is -0.497 e. The average Bonchev–Trinajstić information content (AvgIpc) is 2.71. The summed E-state index contributed by atoms with van der Waals surface area (Å²) in [5.41, 5.74) is 1.15. The van der Waals surface area contributed by atoms with Crippen molar-refractivity contribution in [2.24, 2.45) is 0 Å². The maximum Gasteiger partial charge on any atom is 0.345 e. The molecule has 0 saturated carbocycles. The van der Waals surface area contributed by atoms with E-state index in [1.165, 1.54) is 13.2 Å². The molecule has 1 heterocycles. The third-order valence-corrected chi connectivity index (χ3v) is 3.81. The van der Waals surface area contributed by atoms with Crippen molar-refractivity contribution in [1.29, 1.82) is 0 Å². The Morgan fingerprint density at radius 1 is 1.39 bits per heavy atom. The van der Waals surface area contributed by atoms with Gasteiger partial charge >= 0.3 is 5.97 Å². The maximum atomic E-state index is 13.9. The Hall–Kier alpha value is -1.88. The molecule has 0 radical (unpaired) electrons. The summed E-state index contributed by atoms with van der Waals surface area (Å²) in [7, 11) is 1.47. The molecule has 0 aliphatic rings. The van der Waals surface area contributed by atoms with Crippen LogP contribution in [0.3, 0.4) is 0 Å². The van der Waals surface area contributed by atoms with E-state index >= 15 is 0 Å². The van der Waals surface area contributed by atoms with E-state index in [-0.39, 0.29) is 4.88 Å². The lowest BCUT2D eigenvalue weighted by atomic mass is 10.1. The largest absolute Gasteiger partial charge is 0.497 e. The van der Waals surface area contributed by atoms with E-state index < -0.39 is 11.8 Å². The van der Waals surface area contributed by atoms with Crippen molar-refractivity contribution in [3.8, 4) is 16.2 Å². The zero-order valence-electron chi connectivity index (χ0n) is 9.86. The van der Waals surface area contributed by atoms with Crippen LogP contribution in [-0.2, 0) is 0 Å². The molecule has 1 aromatic carbocycles. The van der Waals surface area contributed by atoms with Gasteiger partial charge in [0.1, 0.15) is 16.4 Å². The quantitative estimate of drug-likeness (QED) is 0.923. The highest BCUT2D eigenvalue weighted by Gasteiger charge is 2.15. The Kier molecular flexibility index (Phi) is 3.34. The van der Waals surface area contributed by atoms with Gasteiger partial charge in [0.05, 0.1) is 7.11 Å². The van der Waals surface area contributed by atoms with Gasteiger partial charge in [-0.3, -0.25) is 0 Å². The Labute approximate surface area is 107 Å². The minimum atomic E-state index is -0.997. The van der Waals surface area contributed by atoms with Crippen molar-refractivity contribution >= 4 is 17.3 Å². The predicted molar refractivity (Wildman–Crippen MR) is 68.0 cm³/mol. The van der Waals surface area contributed by atoms with Crippen molar-refractivity contribution in [2.75, 3.05) is 7.11 Å². The van der Waals surface area contributed by atoms with Gasteiger partial charge in [-0.05, 0) is 30.7 Å². The van der Waals surface area contributed by atoms with Crippen LogP contribution in [0.2, 0.25) is 0 Å². The van der Waals surface area contributed by atoms with Crippen LogP contribution in [0.1, 0.15) is 15.2 Å². The van der Waals surface area contributed by atoms with E-state index in [4.69, 9.17) is 9.84 Å².